The molecule has 0 radical (unpaired) electrons. The monoisotopic (exact) mass is 401 g/mol. The van der Waals surface area contributed by atoms with E-state index in [4.69, 9.17) is 5.73 Å². The molecule has 2 N–H and O–H groups in total. The summed E-state index contributed by atoms with van der Waals surface area (Å²) in [7, 11) is 4.31. The maximum atomic E-state index is 12.7. The molecule has 2 aromatic carbocycles. The molecule has 30 heavy (non-hydrogen) atoms. The SMILES string of the molecule is C/C(C#Cc1cccc(C(=O)Cc2ccc(CN3CC[C@@H](N(C)C)C3)cc2)c1)=C\N. The molecule has 4 heteroatoms. The largest absolute Gasteiger partial charge is 0.404 e. The Morgan fingerprint density at radius 2 is 1.93 bits per heavy atom. The number of carbonyl (C=O) groups excluding carboxylic acids is 1. The van der Waals surface area contributed by atoms with E-state index in [-0.39, 0.29) is 5.78 Å². The van der Waals surface area contributed by atoms with Gasteiger partial charge in [-0.05, 0) is 50.7 Å². The van der Waals surface area contributed by atoms with Gasteiger partial charge in [-0.1, -0.05) is 48.2 Å². The lowest BCUT2D eigenvalue weighted by molar-refractivity contribution is 0.0993. The molecular formula is C26H31N3O. The number of likely N-dealkylation sites (tertiary alicyclic amines) is 1. The van der Waals surface area contributed by atoms with Crippen LogP contribution in [0.15, 0.2) is 60.3 Å². The Balaban J connectivity index is 1.59. The van der Waals surface area contributed by atoms with Gasteiger partial charge in [0.1, 0.15) is 0 Å². The van der Waals surface area contributed by atoms with Crippen LogP contribution in [-0.2, 0) is 13.0 Å². The predicted molar refractivity (Wildman–Crippen MR) is 123 cm³/mol. The Morgan fingerprint density at radius 1 is 1.20 bits per heavy atom. The standard InChI is InChI=1S/C26H31N3O/c1-20(17-27)7-8-21-5-4-6-24(15-21)26(30)16-22-9-11-23(12-10-22)18-29-14-13-25(19-29)28(2)3/h4-6,9-12,15,17,25H,13-14,16,18-19,27H2,1-3H3/b20-17+/t25-/m1/s1. The number of rotatable bonds is 6. The summed E-state index contributed by atoms with van der Waals surface area (Å²) in [5.74, 6) is 6.13. The van der Waals surface area contributed by atoms with Crippen LogP contribution in [0.5, 0.6) is 0 Å². The topological polar surface area (TPSA) is 49.6 Å². The average molecular weight is 402 g/mol. The number of Topliss-reactive ketones (excluding diaryl/α,β-unsaturated/α-hetero) is 1. The van der Waals surface area contributed by atoms with Crippen LogP contribution in [0.25, 0.3) is 0 Å². The normalized spacial score (nSPS) is 17.1. The van der Waals surface area contributed by atoms with Gasteiger partial charge in [-0.25, -0.2) is 0 Å². The average Bonchev–Trinajstić information content (AvgIpc) is 3.22. The van der Waals surface area contributed by atoms with Crippen LogP contribution < -0.4 is 5.73 Å². The number of nitrogens with zero attached hydrogens (tertiary/aromatic N) is 2. The zero-order valence-corrected chi connectivity index (χ0v) is 18.2. The molecule has 1 atom stereocenters. The summed E-state index contributed by atoms with van der Waals surface area (Å²) in [4.78, 5) is 17.5. The third-order valence-corrected chi connectivity index (χ3v) is 5.61. The zero-order valence-electron chi connectivity index (χ0n) is 18.2. The van der Waals surface area contributed by atoms with Crippen molar-refractivity contribution in [2.45, 2.75) is 32.4 Å². The van der Waals surface area contributed by atoms with E-state index in [2.05, 4.69) is 60.0 Å². The Kier molecular flexibility index (Phi) is 7.46. The Hall–Kier alpha value is -2.87. The number of hydrogen-bond acceptors (Lipinski definition) is 4. The number of ketones is 1. The molecule has 0 amide bonds. The van der Waals surface area contributed by atoms with Crippen LogP contribution in [0.2, 0.25) is 0 Å². The molecule has 1 aliphatic rings. The summed E-state index contributed by atoms with van der Waals surface area (Å²) >= 11 is 0. The summed E-state index contributed by atoms with van der Waals surface area (Å²) in [6.45, 7) is 5.09. The van der Waals surface area contributed by atoms with Gasteiger partial charge in [0.05, 0.1) is 0 Å². The molecule has 0 spiro atoms. The quantitative estimate of drug-likeness (QED) is 0.595. The minimum Gasteiger partial charge on any atom is -0.404 e. The lowest BCUT2D eigenvalue weighted by Gasteiger charge is -2.20. The first-order chi connectivity index (χ1) is 14.4. The number of hydrogen-bond donors (Lipinski definition) is 1. The molecule has 0 unspecified atom stereocenters. The summed E-state index contributed by atoms with van der Waals surface area (Å²) in [5, 5.41) is 0. The number of benzene rings is 2. The second-order valence-corrected chi connectivity index (χ2v) is 8.24. The Morgan fingerprint density at radius 3 is 2.60 bits per heavy atom. The lowest BCUT2D eigenvalue weighted by atomic mass is 10.0. The van der Waals surface area contributed by atoms with Gasteiger partial charge in [0.15, 0.2) is 5.78 Å². The number of carbonyl (C=O) groups is 1. The van der Waals surface area contributed by atoms with Crippen molar-refractivity contribution < 1.29 is 4.79 Å². The number of likely N-dealkylation sites (N-methyl/N-ethyl adjacent to an activating group) is 1. The number of allylic oxidation sites excluding steroid dienone is 1. The van der Waals surface area contributed by atoms with Crippen molar-refractivity contribution >= 4 is 5.78 Å². The van der Waals surface area contributed by atoms with Crippen LogP contribution in [0, 0.1) is 11.8 Å². The van der Waals surface area contributed by atoms with Crippen molar-refractivity contribution in [2.75, 3.05) is 27.2 Å². The summed E-state index contributed by atoms with van der Waals surface area (Å²) in [6.07, 6.45) is 3.10. The Labute approximate surface area is 180 Å². The molecule has 0 aromatic heterocycles. The van der Waals surface area contributed by atoms with E-state index in [0.717, 1.165) is 36.3 Å². The van der Waals surface area contributed by atoms with E-state index >= 15 is 0 Å². The van der Waals surface area contributed by atoms with Crippen LogP contribution in [0.1, 0.15) is 40.4 Å². The molecule has 1 heterocycles. The third kappa shape index (κ3) is 6.06. The van der Waals surface area contributed by atoms with Crippen LogP contribution in [0.4, 0.5) is 0 Å². The van der Waals surface area contributed by atoms with Crippen molar-refractivity contribution in [3.63, 3.8) is 0 Å². The second kappa shape index (κ2) is 10.2. The van der Waals surface area contributed by atoms with Crippen LogP contribution in [-0.4, -0.2) is 48.8 Å². The van der Waals surface area contributed by atoms with E-state index < -0.39 is 0 Å². The summed E-state index contributed by atoms with van der Waals surface area (Å²) in [5.41, 5.74) is 10.1. The van der Waals surface area contributed by atoms with Crippen molar-refractivity contribution in [3.05, 3.63) is 82.6 Å². The van der Waals surface area contributed by atoms with Gasteiger partial charge in [0.25, 0.3) is 0 Å². The summed E-state index contributed by atoms with van der Waals surface area (Å²) < 4.78 is 0. The molecule has 2 aromatic rings. The van der Waals surface area contributed by atoms with Gasteiger partial charge in [0, 0.05) is 55.0 Å². The van der Waals surface area contributed by atoms with Crippen LogP contribution in [0.3, 0.4) is 0 Å². The van der Waals surface area contributed by atoms with E-state index in [1.165, 1.54) is 18.2 Å². The minimum absolute atomic E-state index is 0.103. The van der Waals surface area contributed by atoms with Crippen molar-refractivity contribution in [1.82, 2.24) is 9.80 Å². The molecule has 0 aliphatic carbocycles. The zero-order chi connectivity index (χ0) is 21.5. The van der Waals surface area contributed by atoms with Gasteiger partial charge in [-0.15, -0.1) is 0 Å². The molecule has 156 valence electrons. The predicted octanol–water partition coefficient (Wildman–Crippen LogP) is 3.46. The first kappa shape index (κ1) is 21.8. The van der Waals surface area contributed by atoms with Gasteiger partial charge in [-0.2, -0.15) is 0 Å². The first-order valence-electron chi connectivity index (χ1n) is 10.4. The molecule has 3 rings (SSSR count). The second-order valence-electron chi connectivity index (χ2n) is 8.24. The smallest absolute Gasteiger partial charge is 0.167 e. The fourth-order valence-electron chi connectivity index (χ4n) is 3.67. The molecule has 1 saturated heterocycles. The third-order valence-electron chi connectivity index (χ3n) is 5.61. The van der Waals surface area contributed by atoms with Gasteiger partial charge < -0.3 is 10.6 Å². The molecule has 1 aliphatic heterocycles. The van der Waals surface area contributed by atoms with Crippen molar-refractivity contribution in [2.24, 2.45) is 5.73 Å². The van der Waals surface area contributed by atoms with Gasteiger partial charge >= 0.3 is 0 Å². The maximum Gasteiger partial charge on any atom is 0.167 e. The fourth-order valence-corrected chi connectivity index (χ4v) is 3.67. The fraction of sp³-hybridized carbons (Fsp3) is 0.346. The molecule has 4 nitrogen and oxygen atoms in total. The maximum absolute atomic E-state index is 12.7. The molecule has 0 saturated carbocycles. The number of nitrogens with two attached hydrogens (primary N) is 1. The van der Waals surface area contributed by atoms with E-state index in [1.54, 1.807) is 0 Å². The molecule has 1 fully saturated rings. The lowest BCUT2D eigenvalue weighted by Crippen LogP contribution is -2.31. The van der Waals surface area contributed by atoms with E-state index in [9.17, 15) is 4.79 Å². The Bertz CT molecular complexity index is 964. The first-order valence-corrected chi connectivity index (χ1v) is 10.4. The van der Waals surface area contributed by atoms with Gasteiger partial charge in [-0.3, -0.25) is 9.69 Å². The summed E-state index contributed by atoms with van der Waals surface area (Å²) in [6, 6.07) is 16.6. The minimum atomic E-state index is 0.103. The van der Waals surface area contributed by atoms with Crippen molar-refractivity contribution in [3.8, 4) is 11.8 Å². The van der Waals surface area contributed by atoms with Crippen molar-refractivity contribution in [1.29, 1.82) is 0 Å². The molecule has 0 bridgehead atoms. The highest BCUT2D eigenvalue weighted by atomic mass is 16.1. The van der Waals surface area contributed by atoms with Gasteiger partial charge in [0.2, 0.25) is 0 Å². The highest BCUT2D eigenvalue weighted by molar-refractivity contribution is 5.97. The highest BCUT2D eigenvalue weighted by Gasteiger charge is 2.23. The van der Waals surface area contributed by atoms with E-state index in [0.29, 0.717) is 18.0 Å². The van der Waals surface area contributed by atoms with E-state index in [1.807, 2.05) is 31.2 Å². The highest BCUT2D eigenvalue weighted by Crippen LogP contribution is 2.17. The molecular weight excluding hydrogens is 370 g/mol. The van der Waals surface area contributed by atoms with Crippen LogP contribution >= 0.6 is 0 Å².